The Kier molecular flexibility index (Phi) is 8.18. The summed E-state index contributed by atoms with van der Waals surface area (Å²) in [4.78, 5) is 28.3. The number of hydrogen-bond donors (Lipinski definition) is 2. The van der Waals surface area contributed by atoms with E-state index in [1.807, 2.05) is 5.32 Å². The van der Waals surface area contributed by atoms with Crippen LogP contribution in [0.2, 0.25) is 25.7 Å². The van der Waals surface area contributed by atoms with Crippen molar-refractivity contribution >= 4 is 20.0 Å². The van der Waals surface area contributed by atoms with Gasteiger partial charge in [-0.05, 0) is 31.2 Å². The number of ether oxygens (including phenoxy) is 1. The molecule has 0 bridgehead atoms. The average Bonchev–Trinajstić information content (AvgIpc) is 3.12. The third kappa shape index (κ3) is 7.75. The zero-order valence-corrected chi connectivity index (χ0v) is 19.2. The van der Waals surface area contributed by atoms with E-state index in [1.54, 1.807) is 24.0 Å². The van der Waals surface area contributed by atoms with E-state index in [2.05, 4.69) is 29.9 Å². The Labute approximate surface area is 184 Å². The van der Waals surface area contributed by atoms with Crippen molar-refractivity contribution in [2.24, 2.45) is 0 Å². The molecule has 2 aromatic rings. The number of hydrogen-bond acceptors (Lipinski definition) is 4. The maximum atomic E-state index is 13.9. The van der Waals surface area contributed by atoms with E-state index in [-0.39, 0.29) is 6.07 Å². The van der Waals surface area contributed by atoms with Crippen LogP contribution in [0.15, 0.2) is 30.7 Å². The van der Waals surface area contributed by atoms with Crippen molar-refractivity contribution in [3.8, 4) is 0 Å². The van der Waals surface area contributed by atoms with E-state index in [0.717, 1.165) is 6.04 Å². The van der Waals surface area contributed by atoms with Gasteiger partial charge in [-0.1, -0.05) is 19.6 Å². The van der Waals surface area contributed by atoms with Gasteiger partial charge in [0.2, 0.25) is 0 Å². The highest BCUT2D eigenvalue weighted by Gasteiger charge is 2.32. The third-order valence-corrected chi connectivity index (χ3v) is 6.15. The first-order chi connectivity index (χ1) is 14.8. The molecular formula is C20H26F4N4O3Si. The number of nitrogens with zero attached hydrogens (tertiary/aromatic N) is 2. The summed E-state index contributed by atoms with van der Waals surface area (Å²) in [5, 5.41) is 4.36. The van der Waals surface area contributed by atoms with Crippen molar-refractivity contribution < 1.29 is 31.9 Å². The molecule has 0 spiro atoms. The van der Waals surface area contributed by atoms with Crippen LogP contribution in [0.25, 0.3) is 0 Å². The number of rotatable bonds is 8. The van der Waals surface area contributed by atoms with E-state index in [4.69, 9.17) is 4.74 Å². The molecule has 32 heavy (non-hydrogen) atoms. The minimum atomic E-state index is -4.74. The van der Waals surface area contributed by atoms with E-state index < -0.39 is 49.2 Å². The van der Waals surface area contributed by atoms with Crippen molar-refractivity contribution in [2.45, 2.75) is 51.6 Å². The molecule has 1 aromatic carbocycles. The van der Waals surface area contributed by atoms with E-state index in [1.165, 1.54) is 0 Å². The molecule has 0 aliphatic heterocycles. The molecule has 0 aliphatic carbocycles. The highest BCUT2D eigenvalue weighted by atomic mass is 28.3. The van der Waals surface area contributed by atoms with Crippen LogP contribution in [0.4, 0.5) is 22.4 Å². The summed E-state index contributed by atoms with van der Waals surface area (Å²) in [5.74, 6) is -2.55. The first kappa shape index (κ1) is 25.5. The summed E-state index contributed by atoms with van der Waals surface area (Å²) in [7, 11) is -1.18. The summed E-state index contributed by atoms with van der Waals surface area (Å²) in [5.41, 5.74) is -1.41. The Morgan fingerprint density at radius 2 is 1.94 bits per heavy atom. The monoisotopic (exact) mass is 474 g/mol. The Hall–Kier alpha value is -2.73. The molecule has 2 N–H and O–H groups in total. The van der Waals surface area contributed by atoms with Crippen LogP contribution in [0.5, 0.6) is 0 Å². The van der Waals surface area contributed by atoms with Crippen LogP contribution in [0.3, 0.4) is 0 Å². The van der Waals surface area contributed by atoms with Gasteiger partial charge < -0.3 is 14.6 Å². The number of imide groups is 1. The van der Waals surface area contributed by atoms with Gasteiger partial charge in [0, 0.05) is 20.9 Å². The fourth-order valence-corrected chi connectivity index (χ4v) is 3.33. The standard InChI is InChI=1S/C20H26F4N4O3Si/c1-13(17-10-28(11-25-17)12-31-7-8-32(2,3)4)26-19(30)27-18(29)15-6-5-14(9-16(15)21)20(22,23)24/h5-6,9-11,13H,7-8,12H2,1-4H3,(H2,26,27,29,30). The van der Waals surface area contributed by atoms with E-state index >= 15 is 0 Å². The van der Waals surface area contributed by atoms with Gasteiger partial charge in [0.05, 0.1) is 29.2 Å². The van der Waals surface area contributed by atoms with Crippen LogP contribution in [-0.2, 0) is 17.6 Å². The molecule has 0 saturated carbocycles. The lowest BCUT2D eigenvalue weighted by atomic mass is 10.1. The second-order valence-electron chi connectivity index (χ2n) is 8.50. The lowest BCUT2D eigenvalue weighted by molar-refractivity contribution is -0.137. The number of carbonyl (C=O) groups excluding carboxylic acids is 2. The lowest BCUT2D eigenvalue weighted by Gasteiger charge is -2.15. The van der Waals surface area contributed by atoms with Gasteiger partial charge in [-0.25, -0.2) is 14.2 Å². The maximum absolute atomic E-state index is 13.9. The first-order valence-electron chi connectivity index (χ1n) is 9.84. The molecule has 0 aliphatic rings. The quantitative estimate of drug-likeness (QED) is 0.334. The molecule has 0 saturated heterocycles. The molecule has 1 heterocycles. The van der Waals surface area contributed by atoms with Crippen molar-refractivity contribution in [1.82, 2.24) is 20.2 Å². The van der Waals surface area contributed by atoms with Gasteiger partial charge in [0.25, 0.3) is 5.91 Å². The van der Waals surface area contributed by atoms with Crippen LogP contribution in [-0.4, -0.2) is 36.2 Å². The molecule has 3 amide bonds. The normalized spacial score (nSPS) is 13.0. The average molecular weight is 475 g/mol. The SMILES string of the molecule is CC(NC(=O)NC(=O)c1ccc(C(F)(F)F)cc1F)c1cn(COCC[Si](C)(C)C)cn1. The van der Waals surface area contributed by atoms with Gasteiger partial charge in [-0.2, -0.15) is 13.2 Å². The van der Waals surface area contributed by atoms with Gasteiger partial charge in [0.15, 0.2) is 0 Å². The largest absolute Gasteiger partial charge is 0.416 e. The summed E-state index contributed by atoms with van der Waals surface area (Å²) in [6.07, 6.45) is -1.52. The molecule has 2 rings (SSSR count). The minimum absolute atomic E-state index is 0.202. The van der Waals surface area contributed by atoms with Gasteiger partial charge in [-0.3, -0.25) is 10.1 Å². The topological polar surface area (TPSA) is 85.2 Å². The molecule has 1 atom stereocenters. The van der Waals surface area contributed by atoms with Crippen molar-refractivity contribution in [1.29, 1.82) is 0 Å². The fraction of sp³-hybridized carbons (Fsp3) is 0.450. The molecule has 0 radical (unpaired) electrons. The first-order valence-corrected chi connectivity index (χ1v) is 13.5. The van der Waals surface area contributed by atoms with Crippen molar-refractivity contribution in [3.05, 3.63) is 53.4 Å². The zero-order chi connectivity index (χ0) is 24.1. The summed E-state index contributed by atoms with van der Waals surface area (Å²) in [6.45, 7) is 9.33. The third-order valence-electron chi connectivity index (χ3n) is 4.45. The van der Waals surface area contributed by atoms with E-state index in [9.17, 15) is 27.2 Å². The number of imidazole rings is 1. The number of aromatic nitrogens is 2. The molecule has 1 unspecified atom stereocenters. The highest BCUT2D eigenvalue weighted by Crippen LogP contribution is 2.30. The fourth-order valence-electron chi connectivity index (χ4n) is 2.57. The van der Waals surface area contributed by atoms with Crippen molar-refractivity contribution in [3.63, 3.8) is 0 Å². The summed E-state index contributed by atoms with van der Waals surface area (Å²) in [6, 6.07) is 0.935. The molecular weight excluding hydrogens is 448 g/mol. The van der Waals surface area contributed by atoms with E-state index in [0.29, 0.717) is 31.2 Å². The number of benzene rings is 1. The lowest BCUT2D eigenvalue weighted by Crippen LogP contribution is -2.41. The summed E-state index contributed by atoms with van der Waals surface area (Å²) >= 11 is 0. The predicted molar refractivity (Wildman–Crippen MR) is 112 cm³/mol. The summed E-state index contributed by atoms with van der Waals surface area (Å²) < 4.78 is 59.0. The zero-order valence-electron chi connectivity index (χ0n) is 18.2. The molecule has 0 fully saturated rings. The number of nitrogens with one attached hydrogen (secondary N) is 2. The van der Waals surface area contributed by atoms with Gasteiger partial charge >= 0.3 is 12.2 Å². The number of carbonyl (C=O) groups is 2. The number of amides is 3. The number of urea groups is 1. The number of halogens is 4. The Balaban J connectivity index is 1.88. The van der Waals surface area contributed by atoms with Crippen LogP contribution in [0.1, 0.15) is 34.6 Å². The van der Waals surface area contributed by atoms with Gasteiger partial charge in [-0.15, -0.1) is 0 Å². The smallest absolute Gasteiger partial charge is 0.361 e. The molecule has 176 valence electrons. The molecule has 1 aromatic heterocycles. The molecule has 7 nitrogen and oxygen atoms in total. The van der Waals surface area contributed by atoms with Crippen LogP contribution < -0.4 is 10.6 Å². The Morgan fingerprint density at radius 1 is 1.25 bits per heavy atom. The second-order valence-corrected chi connectivity index (χ2v) is 14.1. The molecule has 12 heteroatoms. The van der Waals surface area contributed by atoms with Crippen molar-refractivity contribution in [2.75, 3.05) is 6.61 Å². The minimum Gasteiger partial charge on any atom is -0.361 e. The number of alkyl halides is 3. The maximum Gasteiger partial charge on any atom is 0.416 e. The highest BCUT2D eigenvalue weighted by molar-refractivity contribution is 6.76. The predicted octanol–water partition coefficient (Wildman–Crippen LogP) is 4.55. The van der Waals surface area contributed by atoms with Gasteiger partial charge in [0.1, 0.15) is 12.5 Å². The van der Waals surface area contributed by atoms with Crippen LogP contribution in [0, 0.1) is 5.82 Å². The second kappa shape index (κ2) is 10.3. The van der Waals surface area contributed by atoms with Crippen LogP contribution >= 0.6 is 0 Å². The Bertz CT molecular complexity index is 957. The Morgan fingerprint density at radius 3 is 2.53 bits per heavy atom.